The molecular formula is C18H18ClN3O3. The molecule has 25 heavy (non-hydrogen) atoms. The fourth-order valence-electron chi connectivity index (χ4n) is 2.01. The summed E-state index contributed by atoms with van der Waals surface area (Å²) in [5, 5.41) is 12.8. The van der Waals surface area contributed by atoms with E-state index in [4.69, 9.17) is 11.6 Å². The van der Waals surface area contributed by atoms with Crippen LogP contribution in [-0.4, -0.2) is 23.5 Å². The first-order valence-electron chi connectivity index (χ1n) is 7.50. The van der Waals surface area contributed by atoms with Crippen molar-refractivity contribution in [2.75, 3.05) is 6.54 Å². The first-order chi connectivity index (χ1) is 12.0. The Hall–Kier alpha value is -2.99. The standard InChI is InChI=1S/C18H18ClN3O3/c1-12-4-2-5-13(17(12)24)8-9-21-22-16(23)11-20-18(25)14-6-3-7-15(19)10-14/h2-10,21,24H,11H2,1H3,(H,20,25)(H,22,23). The molecular weight excluding hydrogens is 342 g/mol. The summed E-state index contributed by atoms with van der Waals surface area (Å²) in [6, 6.07) is 11.8. The topological polar surface area (TPSA) is 90.5 Å². The number of halogens is 1. The molecule has 0 aliphatic rings. The fourth-order valence-corrected chi connectivity index (χ4v) is 2.20. The monoisotopic (exact) mass is 359 g/mol. The minimum absolute atomic E-state index is 0.181. The van der Waals surface area contributed by atoms with E-state index < -0.39 is 11.8 Å². The number of aryl methyl sites for hydroxylation is 1. The molecule has 0 heterocycles. The van der Waals surface area contributed by atoms with Crippen LogP contribution in [0.4, 0.5) is 0 Å². The highest BCUT2D eigenvalue weighted by Crippen LogP contribution is 2.22. The SMILES string of the molecule is Cc1cccc(C=CNNC(=O)CNC(=O)c2cccc(Cl)c2)c1O. The second-order valence-electron chi connectivity index (χ2n) is 5.23. The third-order valence-electron chi connectivity index (χ3n) is 3.32. The lowest BCUT2D eigenvalue weighted by Crippen LogP contribution is -2.41. The Kier molecular flexibility index (Phi) is 6.42. The van der Waals surface area contributed by atoms with Crippen molar-refractivity contribution < 1.29 is 14.7 Å². The van der Waals surface area contributed by atoms with Gasteiger partial charge in [0.1, 0.15) is 5.75 Å². The van der Waals surface area contributed by atoms with Crippen molar-refractivity contribution in [2.45, 2.75) is 6.92 Å². The number of carbonyl (C=O) groups excluding carboxylic acids is 2. The zero-order valence-corrected chi connectivity index (χ0v) is 14.3. The Bertz CT molecular complexity index is 806. The Morgan fingerprint density at radius 2 is 1.96 bits per heavy atom. The molecule has 0 atom stereocenters. The zero-order valence-electron chi connectivity index (χ0n) is 13.5. The van der Waals surface area contributed by atoms with Gasteiger partial charge in [0.15, 0.2) is 0 Å². The Morgan fingerprint density at radius 3 is 2.72 bits per heavy atom. The van der Waals surface area contributed by atoms with E-state index in [1.165, 1.54) is 12.3 Å². The van der Waals surface area contributed by atoms with Gasteiger partial charge in [-0.2, -0.15) is 0 Å². The molecule has 2 amide bonds. The first-order valence-corrected chi connectivity index (χ1v) is 7.88. The number of hydrazine groups is 1. The van der Waals surface area contributed by atoms with Gasteiger partial charge in [0.25, 0.3) is 11.8 Å². The van der Waals surface area contributed by atoms with Crippen molar-refractivity contribution in [3.8, 4) is 5.75 Å². The van der Waals surface area contributed by atoms with Crippen LogP contribution in [0, 0.1) is 6.92 Å². The summed E-state index contributed by atoms with van der Waals surface area (Å²) in [5.41, 5.74) is 6.75. The van der Waals surface area contributed by atoms with Crippen LogP contribution in [-0.2, 0) is 4.79 Å². The van der Waals surface area contributed by atoms with Gasteiger partial charge >= 0.3 is 0 Å². The quantitative estimate of drug-likeness (QED) is 0.596. The number of carbonyl (C=O) groups is 2. The molecule has 0 aliphatic carbocycles. The van der Waals surface area contributed by atoms with Crippen molar-refractivity contribution >= 4 is 29.5 Å². The van der Waals surface area contributed by atoms with E-state index in [0.29, 0.717) is 16.1 Å². The Balaban J connectivity index is 1.76. The number of amides is 2. The van der Waals surface area contributed by atoms with Gasteiger partial charge in [-0.05, 0) is 36.8 Å². The minimum atomic E-state index is -0.423. The molecule has 0 fully saturated rings. The normalized spacial score (nSPS) is 10.5. The van der Waals surface area contributed by atoms with E-state index >= 15 is 0 Å². The van der Waals surface area contributed by atoms with E-state index in [-0.39, 0.29) is 12.3 Å². The van der Waals surface area contributed by atoms with E-state index in [0.717, 1.165) is 5.56 Å². The molecule has 0 radical (unpaired) electrons. The largest absolute Gasteiger partial charge is 0.507 e. The average molecular weight is 360 g/mol. The molecule has 0 spiro atoms. The van der Waals surface area contributed by atoms with E-state index in [2.05, 4.69) is 16.2 Å². The third-order valence-corrected chi connectivity index (χ3v) is 3.56. The van der Waals surface area contributed by atoms with Crippen molar-refractivity contribution in [1.82, 2.24) is 16.2 Å². The van der Waals surface area contributed by atoms with Crippen molar-refractivity contribution in [1.29, 1.82) is 0 Å². The maximum absolute atomic E-state index is 11.9. The fraction of sp³-hybridized carbons (Fsp3) is 0.111. The van der Waals surface area contributed by atoms with Gasteiger partial charge in [0, 0.05) is 22.3 Å². The van der Waals surface area contributed by atoms with Crippen molar-refractivity contribution in [2.24, 2.45) is 0 Å². The Morgan fingerprint density at radius 1 is 1.20 bits per heavy atom. The summed E-state index contributed by atoms with van der Waals surface area (Å²) >= 11 is 5.81. The van der Waals surface area contributed by atoms with Crippen LogP contribution in [0.1, 0.15) is 21.5 Å². The molecule has 6 nitrogen and oxygen atoms in total. The van der Waals surface area contributed by atoms with Crippen LogP contribution < -0.4 is 16.2 Å². The lowest BCUT2D eigenvalue weighted by atomic mass is 10.1. The summed E-state index contributed by atoms with van der Waals surface area (Å²) in [6.45, 7) is 1.60. The highest BCUT2D eigenvalue weighted by Gasteiger charge is 2.07. The highest BCUT2D eigenvalue weighted by atomic mass is 35.5. The second kappa shape index (κ2) is 8.75. The molecule has 7 heteroatoms. The second-order valence-corrected chi connectivity index (χ2v) is 5.67. The number of benzene rings is 2. The van der Waals surface area contributed by atoms with E-state index in [9.17, 15) is 14.7 Å². The van der Waals surface area contributed by atoms with Crippen molar-refractivity contribution in [3.63, 3.8) is 0 Å². The van der Waals surface area contributed by atoms with Crippen LogP contribution in [0.2, 0.25) is 5.02 Å². The molecule has 2 aromatic rings. The molecule has 2 aromatic carbocycles. The van der Waals surface area contributed by atoms with Gasteiger partial charge < -0.3 is 15.8 Å². The molecule has 0 aromatic heterocycles. The van der Waals surface area contributed by atoms with Gasteiger partial charge in [-0.3, -0.25) is 15.0 Å². The van der Waals surface area contributed by atoms with Crippen LogP contribution in [0.5, 0.6) is 5.75 Å². The maximum Gasteiger partial charge on any atom is 0.257 e. The van der Waals surface area contributed by atoms with Gasteiger partial charge in [0.2, 0.25) is 0 Å². The predicted molar refractivity (Wildman–Crippen MR) is 96.9 cm³/mol. The van der Waals surface area contributed by atoms with Crippen molar-refractivity contribution in [3.05, 3.63) is 70.4 Å². The highest BCUT2D eigenvalue weighted by molar-refractivity contribution is 6.30. The first kappa shape index (κ1) is 18.4. The molecule has 0 unspecified atom stereocenters. The number of hydrogen-bond donors (Lipinski definition) is 4. The molecule has 0 bridgehead atoms. The lowest BCUT2D eigenvalue weighted by Gasteiger charge is -2.07. The average Bonchev–Trinajstić information content (AvgIpc) is 2.60. The summed E-state index contributed by atoms with van der Waals surface area (Å²) in [6.07, 6.45) is 3.10. The molecule has 130 valence electrons. The van der Waals surface area contributed by atoms with E-state index in [1.807, 2.05) is 6.07 Å². The molecule has 2 rings (SSSR count). The summed E-state index contributed by atoms with van der Waals surface area (Å²) in [5.74, 6) is -0.632. The zero-order chi connectivity index (χ0) is 18.2. The molecule has 0 aliphatic heterocycles. The third kappa shape index (κ3) is 5.54. The molecule has 4 N–H and O–H groups in total. The molecule has 0 saturated carbocycles. The number of phenolic OH excluding ortho intramolecular Hbond substituents is 1. The Labute approximate surface area is 150 Å². The van der Waals surface area contributed by atoms with Crippen LogP contribution in [0.3, 0.4) is 0 Å². The van der Waals surface area contributed by atoms with Crippen LogP contribution >= 0.6 is 11.6 Å². The van der Waals surface area contributed by atoms with Crippen LogP contribution in [0.15, 0.2) is 48.7 Å². The number of nitrogens with one attached hydrogen (secondary N) is 3. The number of para-hydroxylation sites is 1. The minimum Gasteiger partial charge on any atom is -0.507 e. The number of phenols is 1. The summed E-state index contributed by atoms with van der Waals surface area (Å²) < 4.78 is 0. The summed E-state index contributed by atoms with van der Waals surface area (Å²) in [4.78, 5) is 23.6. The number of aromatic hydroxyl groups is 1. The number of hydrogen-bond acceptors (Lipinski definition) is 4. The van der Waals surface area contributed by atoms with Gasteiger partial charge in [-0.15, -0.1) is 0 Å². The van der Waals surface area contributed by atoms with Gasteiger partial charge in [-0.1, -0.05) is 35.9 Å². The number of rotatable bonds is 6. The van der Waals surface area contributed by atoms with Gasteiger partial charge in [0.05, 0.1) is 6.54 Å². The van der Waals surface area contributed by atoms with E-state index in [1.54, 1.807) is 43.3 Å². The lowest BCUT2D eigenvalue weighted by molar-refractivity contribution is -0.120. The summed E-state index contributed by atoms with van der Waals surface area (Å²) in [7, 11) is 0. The predicted octanol–water partition coefficient (Wildman–Crippen LogP) is 2.38. The van der Waals surface area contributed by atoms with Crippen LogP contribution in [0.25, 0.3) is 6.08 Å². The molecule has 0 saturated heterocycles. The smallest absolute Gasteiger partial charge is 0.257 e. The maximum atomic E-state index is 11.9. The van der Waals surface area contributed by atoms with Gasteiger partial charge in [-0.25, -0.2) is 0 Å².